The number of esters is 1. The minimum absolute atomic E-state index is 0.0105. The summed E-state index contributed by atoms with van der Waals surface area (Å²) < 4.78 is 10.8. The van der Waals surface area contributed by atoms with Crippen LogP contribution < -0.4 is 5.56 Å². The number of aromatic carboxylic acids is 1. The number of carbonyl (C=O) groups excluding carboxylic acids is 1. The summed E-state index contributed by atoms with van der Waals surface area (Å²) in [5.74, 6) is -0.487. The van der Waals surface area contributed by atoms with Crippen LogP contribution in [0.25, 0.3) is 33.3 Å². The van der Waals surface area contributed by atoms with Gasteiger partial charge in [-0.3, -0.25) is 4.79 Å². The van der Waals surface area contributed by atoms with Crippen LogP contribution >= 0.6 is 11.6 Å². The molecule has 0 aliphatic rings. The molecular weight excluding hydrogens is 448 g/mol. The largest absolute Gasteiger partial charge is 0.478 e. The normalized spacial score (nSPS) is 11.5. The maximum atomic E-state index is 12.4. The van der Waals surface area contributed by atoms with Gasteiger partial charge in [-0.15, -0.1) is 0 Å². The van der Waals surface area contributed by atoms with Gasteiger partial charge in [0.25, 0.3) is 5.56 Å². The maximum absolute atomic E-state index is 12.4. The van der Waals surface area contributed by atoms with Crippen molar-refractivity contribution in [1.82, 2.24) is 9.97 Å². The van der Waals surface area contributed by atoms with E-state index in [1.54, 1.807) is 43.3 Å². The standard InChI is InChI=1S/C24H17ClN2O6/c1-2-32-24(31)14-5-3-13(4-6-14)20-10-8-16(33-20)12-18(25)21-26-19-11-15(23(29)30)7-9-17(19)22(28)27-21/h3-12H,2H2,1H3,(H,29,30)(H,26,27,28). The Labute approximate surface area is 192 Å². The van der Waals surface area contributed by atoms with E-state index >= 15 is 0 Å². The number of carbonyl (C=O) groups is 2. The number of halogens is 1. The molecule has 4 aromatic rings. The van der Waals surface area contributed by atoms with Gasteiger partial charge in [0.1, 0.15) is 11.5 Å². The molecule has 166 valence electrons. The van der Waals surface area contributed by atoms with E-state index in [-0.39, 0.29) is 27.3 Å². The molecule has 0 saturated heterocycles. The molecule has 0 aliphatic carbocycles. The van der Waals surface area contributed by atoms with Crippen LogP contribution in [0.2, 0.25) is 0 Å². The average molecular weight is 465 g/mol. The van der Waals surface area contributed by atoms with Crippen LogP contribution in [-0.2, 0) is 4.74 Å². The van der Waals surface area contributed by atoms with Crippen LogP contribution in [0.3, 0.4) is 0 Å². The van der Waals surface area contributed by atoms with E-state index < -0.39 is 17.5 Å². The second kappa shape index (κ2) is 9.13. The van der Waals surface area contributed by atoms with Crippen molar-refractivity contribution >= 4 is 45.6 Å². The highest BCUT2D eigenvalue weighted by Gasteiger charge is 2.12. The van der Waals surface area contributed by atoms with Gasteiger partial charge >= 0.3 is 11.9 Å². The van der Waals surface area contributed by atoms with Crippen molar-refractivity contribution in [3.8, 4) is 11.3 Å². The SMILES string of the molecule is CCOC(=O)c1ccc(-c2ccc(C=C(Cl)c3nc4cc(C(=O)O)ccc4c(=O)[nH]3)o2)cc1. The van der Waals surface area contributed by atoms with Gasteiger partial charge in [0.15, 0.2) is 5.82 Å². The zero-order valence-corrected chi connectivity index (χ0v) is 18.1. The number of fused-ring (bicyclic) bond motifs is 1. The first kappa shape index (κ1) is 22.0. The third-order valence-electron chi connectivity index (χ3n) is 4.76. The van der Waals surface area contributed by atoms with Gasteiger partial charge in [-0.2, -0.15) is 0 Å². The van der Waals surface area contributed by atoms with Crippen molar-refractivity contribution in [2.45, 2.75) is 6.92 Å². The fourth-order valence-electron chi connectivity index (χ4n) is 3.15. The Morgan fingerprint density at radius 3 is 2.55 bits per heavy atom. The summed E-state index contributed by atoms with van der Waals surface area (Å²) >= 11 is 6.36. The summed E-state index contributed by atoms with van der Waals surface area (Å²) in [5.41, 5.74) is 0.962. The lowest BCUT2D eigenvalue weighted by molar-refractivity contribution is 0.0526. The number of hydrogen-bond donors (Lipinski definition) is 2. The smallest absolute Gasteiger partial charge is 0.338 e. The van der Waals surface area contributed by atoms with Crippen LogP contribution in [-0.4, -0.2) is 33.6 Å². The molecule has 0 saturated carbocycles. The third-order valence-corrected chi connectivity index (χ3v) is 5.04. The molecule has 0 fully saturated rings. The van der Waals surface area contributed by atoms with Crippen LogP contribution in [0.15, 0.2) is 63.8 Å². The molecule has 0 amide bonds. The lowest BCUT2D eigenvalue weighted by atomic mass is 10.1. The second-order valence-corrected chi connectivity index (χ2v) is 7.35. The van der Waals surface area contributed by atoms with E-state index in [2.05, 4.69) is 9.97 Å². The van der Waals surface area contributed by atoms with Gasteiger partial charge in [0.2, 0.25) is 0 Å². The van der Waals surface area contributed by atoms with Crippen molar-refractivity contribution in [2.75, 3.05) is 6.61 Å². The molecule has 4 rings (SSSR count). The number of aromatic nitrogens is 2. The number of benzene rings is 2. The van der Waals surface area contributed by atoms with Gasteiger partial charge in [0, 0.05) is 11.6 Å². The van der Waals surface area contributed by atoms with Crippen LogP contribution in [0.1, 0.15) is 39.2 Å². The van der Waals surface area contributed by atoms with Crippen molar-refractivity contribution < 1.29 is 23.8 Å². The van der Waals surface area contributed by atoms with Crippen LogP contribution in [0, 0.1) is 0 Å². The highest BCUT2D eigenvalue weighted by Crippen LogP contribution is 2.26. The Morgan fingerprint density at radius 2 is 1.85 bits per heavy atom. The lowest BCUT2D eigenvalue weighted by Gasteiger charge is -2.03. The van der Waals surface area contributed by atoms with E-state index in [0.717, 1.165) is 5.56 Å². The fourth-order valence-corrected chi connectivity index (χ4v) is 3.35. The molecule has 8 nitrogen and oxygen atoms in total. The van der Waals surface area contributed by atoms with E-state index in [9.17, 15) is 14.4 Å². The van der Waals surface area contributed by atoms with Crippen LogP contribution in [0.5, 0.6) is 0 Å². The van der Waals surface area contributed by atoms with Crippen molar-refractivity contribution in [3.05, 3.63) is 87.7 Å². The van der Waals surface area contributed by atoms with Crippen LogP contribution in [0.4, 0.5) is 0 Å². The number of carboxylic acid groups (broad SMARTS) is 1. The molecule has 33 heavy (non-hydrogen) atoms. The highest BCUT2D eigenvalue weighted by atomic mass is 35.5. The predicted octanol–water partition coefficient (Wildman–Crippen LogP) is 4.79. The Bertz CT molecular complexity index is 1450. The minimum atomic E-state index is -1.12. The number of H-pyrrole nitrogens is 1. The lowest BCUT2D eigenvalue weighted by Crippen LogP contribution is -2.11. The number of nitrogens with one attached hydrogen (secondary N) is 1. The summed E-state index contributed by atoms with van der Waals surface area (Å²) in [7, 11) is 0. The second-order valence-electron chi connectivity index (χ2n) is 6.94. The van der Waals surface area contributed by atoms with Crippen molar-refractivity contribution in [3.63, 3.8) is 0 Å². The maximum Gasteiger partial charge on any atom is 0.338 e. The summed E-state index contributed by atoms with van der Waals surface area (Å²) in [4.78, 5) is 42.2. The summed E-state index contributed by atoms with van der Waals surface area (Å²) in [6, 6.07) is 14.3. The van der Waals surface area contributed by atoms with Crippen molar-refractivity contribution in [2.24, 2.45) is 0 Å². The summed E-state index contributed by atoms with van der Waals surface area (Å²) in [6.45, 7) is 2.04. The molecule has 0 spiro atoms. The number of nitrogens with zero attached hydrogens (tertiary/aromatic N) is 1. The van der Waals surface area contributed by atoms with E-state index in [0.29, 0.717) is 23.7 Å². The average Bonchev–Trinajstić information content (AvgIpc) is 3.27. The number of hydrogen-bond acceptors (Lipinski definition) is 6. The molecule has 2 aromatic carbocycles. The molecule has 2 heterocycles. The molecule has 2 aromatic heterocycles. The number of ether oxygens (including phenoxy) is 1. The first-order valence-electron chi connectivity index (χ1n) is 9.88. The van der Waals surface area contributed by atoms with Gasteiger partial charge < -0.3 is 19.2 Å². The quantitative estimate of drug-likeness (QED) is 0.393. The zero-order chi connectivity index (χ0) is 23.5. The van der Waals surface area contributed by atoms with Gasteiger partial charge in [0.05, 0.1) is 33.7 Å². The predicted molar refractivity (Wildman–Crippen MR) is 123 cm³/mol. The van der Waals surface area contributed by atoms with Gasteiger partial charge in [-0.25, -0.2) is 14.6 Å². The van der Waals surface area contributed by atoms with Crippen molar-refractivity contribution in [1.29, 1.82) is 0 Å². The molecule has 9 heteroatoms. The molecule has 0 bridgehead atoms. The number of furan rings is 1. The number of aromatic amines is 1. The fraction of sp³-hybridized carbons (Fsp3) is 0.0833. The first-order chi connectivity index (χ1) is 15.9. The highest BCUT2D eigenvalue weighted by molar-refractivity contribution is 6.50. The summed E-state index contributed by atoms with van der Waals surface area (Å²) in [6.07, 6.45) is 1.49. The molecule has 0 radical (unpaired) electrons. The molecular formula is C24H17ClN2O6. The first-order valence-corrected chi connectivity index (χ1v) is 10.3. The third kappa shape index (κ3) is 4.70. The Hall–Kier alpha value is -4.17. The van der Waals surface area contributed by atoms with Gasteiger partial charge in [-0.05, 0) is 49.4 Å². The van der Waals surface area contributed by atoms with E-state index in [4.69, 9.17) is 25.9 Å². The molecule has 2 N–H and O–H groups in total. The minimum Gasteiger partial charge on any atom is -0.478 e. The van der Waals surface area contributed by atoms with Gasteiger partial charge in [-0.1, -0.05) is 23.7 Å². The molecule has 0 unspecified atom stereocenters. The number of rotatable bonds is 6. The topological polar surface area (TPSA) is 122 Å². The number of carboxylic acids is 1. The van der Waals surface area contributed by atoms with E-state index in [1.807, 2.05) is 0 Å². The Balaban J connectivity index is 1.61. The molecule has 0 atom stereocenters. The zero-order valence-electron chi connectivity index (χ0n) is 17.3. The monoisotopic (exact) mass is 464 g/mol. The Morgan fingerprint density at radius 1 is 1.12 bits per heavy atom. The molecule has 0 aliphatic heterocycles. The Kier molecular flexibility index (Phi) is 6.10. The van der Waals surface area contributed by atoms with E-state index in [1.165, 1.54) is 24.3 Å². The summed E-state index contributed by atoms with van der Waals surface area (Å²) in [5, 5.41) is 9.52.